The lowest BCUT2D eigenvalue weighted by Crippen LogP contribution is -2.50. The molecule has 2 N–H and O–H groups in total. The summed E-state index contributed by atoms with van der Waals surface area (Å²) in [6.07, 6.45) is 6.79. The molecular weight excluding hydrogens is 228 g/mol. The second-order valence-corrected chi connectivity index (χ2v) is 5.76. The normalized spacial score (nSPS) is 30.6. The Hall–Kier alpha value is -0.610. The zero-order chi connectivity index (χ0) is 13.0. The van der Waals surface area contributed by atoms with E-state index in [1.165, 1.54) is 25.7 Å². The zero-order valence-corrected chi connectivity index (χ0v) is 11.4. The van der Waals surface area contributed by atoms with Crippen LogP contribution in [0.3, 0.4) is 0 Å². The first kappa shape index (κ1) is 13.8. The molecule has 1 aliphatic heterocycles. The molecule has 2 atom stereocenters. The van der Waals surface area contributed by atoms with Crippen LogP contribution in [0.5, 0.6) is 0 Å². The van der Waals surface area contributed by atoms with Gasteiger partial charge >= 0.3 is 5.97 Å². The number of likely N-dealkylation sites (tertiary alicyclic amines) is 1. The number of piperidine rings is 1. The Labute approximate surface area is 110 Å². The van der Waals surface area contributed by atoms with Crippen molar-refractivity contribution >= 4 is 5.97 Å². The molecule has 0 bridgehead atoms. The predicted octanol–water partition coefficient (Wildman–Crippen LogP) is 1.53. The smallest absolute Gasteiger partial charge is 0.306 e. The lowest BCUT2D eigenvalue weighted by Gasteiger charge is -2.39. The molecule has 0 aromatic carbocycles. The number of nitrogens with two attached hydrogens (primary N) is 1. The van der Waals surface area contributed by atoms with Crippen LogP contribution in [-0.4, -0.2) is 42.6 Å². The zero-order valence-electron chi connectivity index (χ0n) is 11.4. The van der Waals surface area contributed by atoms with Crippen molar-refractivity contribution in [3.63, 3.8) is 0 Å². The van der Waals surface area contributed by atoms with E-state index in [2.05, 4.69) is 4.90 Å². The minimum Gasteiger partial charge on any atom is -0.466 e. The van der Waals surface area contributed by atoms with Gasteiger partial charge in [0.2, 0.25) is 0 Å². The van der Waals surface area contributed by atoms with Crippen molar-refractivity contribution in [3.8, 4) is 0 Å². The Morgan fingerprint density at radius 3 is 2.72 bits per heavy atom. The molecule has 0 radical (unpaired) electrons. The monoisotopic (exact) mass is 254 g/mol. The van der Waals surface area contributed by atoms with Gasteiger partial charge in [-0.05, 0) is 32.1 Å². The highest BCUT2D eigenvalue weighted by Gasteiger charge is 2.32. The lowest BCUT2D eigenvalue weighted by atomic mass is 9.90. The number of ether oxygens (including phenoxy) is 1. The number of hydrogen-bond acceptors (Lipinski definition) is 4. The Balaban J connectivity index is 1.85. The largest absolute Gasteiger partial charge is 0.466 e. The molecule has 1 saturated heterocycles. The van der Waals surface area contributed by atoms with E-state index >= 15 is 0 Å². The summed E-state index contributed by atoms with van der Waals surface area (Å²) in [6, 6.07) is 0.930. The molecule has 1 saturated carbocycles. The summed E-state index contributed by atoms with van der Waals surface area (Å²) in [5.41, 5.74) is 6.14. The second-order valence-electron chi connectivity index (χ2n) is 5.76. The molecule has 2 fully saturated rings. The van der Waals surface area contributed by atoms with Crippen molar-refractivity contribution in [2.24, 2.45) is 11.7 Å². The first-order valence-corrected chi connectivity index (χ1v) is 7.34. The number of hydrogen-bond donors (Lipinski definition) is 1. The van der Waals surface area contributed by atoms with E-state index in [1.54, 1.807) is 0 Å². The number of rotatable bonds is 4. The molecule has 104 valence electrons. The van der Waals surface area contributed by atoms with E-state index in [0.717, 1.165) is 19.5 Å². The van der Waals surface area contributed by atoms with Gasteiger partial charge in [0.1, 0.15) is 0 Å². The SMILES string of the molecule is CCOC(=O)CC1CC(N)CN(C2CCCC2)C1. The third-order valence-electron chi connectivity index (χ3n) is 4.20. The highest BCUT2D eigenvalue weighted by atomic mass is 16.5. The van der Waals surface area contributed by atoms with Crippen LogP contribution in [0.1, 0.15) is 45.4 Å². The molecular formula is C14H26N2O2. The Kier molecular flexibility index (Phi) is 5.01. The third-order valence-corrected chi connectivity index (χ3v) is 4.20. The van der Waals surface area contributed by atoms with E-state index in [4.69, 9.17) is 10.5 Å². The van der Waals surface area contributed by atoms with Crippen molar-refractivity contribution < 1.29 is 9.53 Å². The van der Waals surface area contributed by atoms with E-state index in [-0.39, 0.29) is 12.0 Å². The van der Waals surface area contributed by atoms with E-state index < -0.39 is 0 Å². The summed E-state index contributed by atoms with van der Waals surface area (Å²) in [6.45, 7) is 4.36. The molecule has 2 aliphatic rings. The molecule has 0 amide bonds. The van der Waals surface area contributed by atoms with Crippen LogP contribution < -0.4 is 5.73 Å². The lowest BCUT2D eigenvalue weighted by molar-refractivity contribution is -0.144. The molecule has 2 unspecified atom stereocenters. The quantitative estimate of drug-likeness (QED) is 0.773. The average Bonchev–Trinajstić information content (AvgIpc) is 2.81. The van der Waals surface area contributed by atoms with Gasteiger partial charge in [0.25, 0.3) is 0 Å². The van der Waals surface area contributed by atoms with Crippen molar-refractivity contribution in [2.75, 3.05) is 19.7 Å². The molecule has 4 heteroatoms. The Bertz CT molecular complexity index is 277. The Morgan fingerprint density at radius 2 is 2.06 bits per heavy atom. The van der Waals surface area contributed by atoms with Crippen LogP contribution in [0, 0.1) is 5.92 Å². The van der Waals surface area contributed by atoms with E-state index in [1.807, 2.05) is 6.92 Å². The summed E-state index contributed by atoms with van der Waals surface area (Å²) < 4.78 is 5.04. The fraction of sp³-hybridized carbons (Fsp3) is 0.929. The van der Waals surface area contributed by atoms with Gasteiger partial charge in [-0.3, -0.25) is 9.69 Å². The van der Waals surface area contributed by atoms with Crippen molar-refractivity contribution in [1.29, 1.82) is 0 Å². The summed E-state index contributed by atoms with van der Waals surface area (Å²) in [5, 5.41) is 0. The van der Waals surface area contributed by atoms with Crippen molar-refractivity contribution in [3.05, 3.63) is 0 Å². The van der Waals surface area contributed by atoms with Crippen LogP contribution in [0.25, 0.3) is 0 Å². The number of carbonyl (C=O) groups excluding carboxylic acids is 1. The predicted molar refractivity (Wildman–Crippen MR) is 71.2 cm³/mol. The number of esters is 1. The molecule has 0 aromatic heterocycles. The maximum absolute atomic E-state index is 11.6. The van der Waals surface area contributed by atoms with Crippen LogP contribution in [0.2, 0.25) is 0 Å². The first-order chi connectivity index (χ1) is 8.69. The standard InChI is InChI=1S/C14H26N2O2/c1-2-18-14(17)8-11-7-12(15)10-16(9-11)13-5-3-4-6-13/h11-13H,2-10,15H2,1H3. The highest BCUT2D eigenvalue weighted by Crippen LogP contribution is 2.28. The first-order valence-electron chi connectivity index (χ1n) is 7.34. The van der Waals surface area contributed by atoms with Crippen LogP contribution in [0.4, 0.5) is 0 Å². The molecule has 2 rings (SSSR count). The molecule has 1 aliphatic carbocycles. The minimum absolute atomic E-state index is 0.0667. The van der Waals surface area contributed by atoms with Crippen LogP contribution in [-0.2, 0) is 9.53 Å². The maximum atomic E-state index is 11.6. The minimum atomic E-state index is -0.0667. The molecule has 0 aromatic rings. The highest BCUT2D eigenvalue weighted by molar-refractivity contribution is 5.69. The van der Waals surface area contributed by atoms with Crippen molar-refractivity contribution in [1.82, 2.24) is 4.90 Å². The fourth-order valence-corrected chi connectivity index (χ4v) is 3.46. The van der Waals surface area contributed by atoms with E-state index in [0.29, 0.717) is 25.0 Å². The third kappa shape index (κ3) is 3.69. The van der Waals surface area contributed by atoms with E-state index in [9.17, 15) is 4.79 Å². The summed E-state index contributed by atoms with van der Waals surface area (Å²) in [4.78, 5) is 14.1. The van der Waals surface area contributed by atoms with Crippen LogP contribution in [0.15, 0.2) is 0 Å². The second kappa shape index (κ2) is 6.53. The molecule has 4 nitrogen and oxygen atoms in total. The van der Waals surface area contributed by atoms with Crippen molar-refractivity contribution in [2.45, 2.75) is 57.5 Å². The molecule has 0 spiro atoms. The van der Waals surface area contributed by atoms with Gasteiger partial charge in [-0.2, -0.15) is 0 Å². The maximum Gasteiger partial charge on any atom is 0.306 e. The van der Waals surface area contributed by atoms with Gasteiger partial charge in [0, 0.05) is 31.6 Å². The van der Waals surface area contributed by atoms with Gasteiger partial charge in [-0.1, -0.05) is 12.8 Å². The topological polar surface area (TPSA) is 55.6 Å². The van der Waals surface area contributed by atoms with Gasteiger partial charge < -0.3 is 10.5 Å². The van der Waals surface area contributed by atoms with Gasteiger partial charge in [0.15, 0.2) is 0 Å². The number of nitrogens with zero attached hydrogens (tertiary/aromatic N) is 1. The summed E-state index contributed by atoms with van der Waals surface area (Å²) >= 11 is 0. The molecule has 1 heterocycles. The van der Waals surface area contributed by atoms with Gasteiger partial charge in [0.05, 0.1) is 6.61 Å². The number of carbonyl (C=O) groups is 1. The van der Waals surface area contributed by atoms with Gasteiger partial charge in [-0.25, -0.2) is 0 Å². The summed E-state index contributed by atoms with van der Waals surface area (Å²) in [5.74, 6) is 0.316. The van der Waals surface area contributed by atoms with Gasteiger partial charge in [-0.15, -0.1) is 0 Å². The molecule has 18 heavy (non-hydrogen) atoms. The Morgan fingerprint density at radius 1 is 1.33 bits per heavy atom. The summed E-state index contributed by atoms with van der Waals surface area (Å²) in [7, 11) is 0. The fourth-order valence-electron chi connectivity index (χ4n) is 3.46. The van der Waals surface area contributed by atoms with Crippen LogP contribution >= 0.6 is 0 Å². The average molecular weight is 254 g/mol.